The van der Waals surface area contributed by atoms with Crippen molar-refractivity contribution in [2.75, 3.05) is 22.4 Å². The van der Waals surface area contributed by atoms with Gasteiger partial charge >= 0.3 is 141 Å². The molecular formula is C18H21N2O3P. The van der Waals surface area contributed by atoms with Crippen LogP contribution < -0.4 is 9.34 Å². The van der Waals surface area contributed by atoms with Gasteiger partial charge in [0.05, 0.1) is 0 Å². The Morgan fingerprint density at radius 3 is 1.75 bits per heavy atom. The summed E-state index contributed by atoms with van der Waals surface area (Å²) in [5, 5.41) is 9.56. The SMILES string of the molecule is C=C(CC(=O)O)[PH]1(O)N(c2ccccc2)CCN1c1ccccc1. The summed E-state index contributed by atoms with van der Waals surface area (Å²) in [6.07, 6.45) is -0.241. The average Bonchev–Trinajstić information content (AvgIpc) is 2.94. The molecule has 0 spiro atoms. The van der Waals surface area contributed by atoms with Crippen LogP contribution in [0.15, 0.2) is 72.6 Å². The van der Waals surface area contributed by atoms with Crippen LogP contribution in [0.25, 0.3) is 0 Å². The molecule has 1 saturated heterocycles. The molecule has 0 saturated carbocycles. The van der Waals surface area contributed by atoms with Gasteiger partial charge in [-0.1, -0.05) is 0 Å². The molecule has 1 heterocycles. The number of carbonyl (C=O) groups is 1. The van der Waals surface area contributed by atoms with E-state index in [4.69, 9.17) is 0 Å². The zero-order valence-corrected chi connectivity index (χ0v) is 14.3. The molecule has 0 unspecified atom stereocenters. The molecule has 5 nitrogen and oxygen atoms in total. The van der Waals surface area contributed by atoms with Gasteiger partial charge in [0.25, 0.3) is 0 Å². The second kappa shape index (κ2) is 6.63. The van der Waals surface area contributed by atoms with E-state index in [9.17, 15) is 14.8 Å². The number of aliphatic carboxylic acids is 1. The summed E-state index contributed by atoms with van der Waals surface area (Å²) < 4.78 is 3.87. The van der Waals surface area contributed by atoms with E-state index in [0.29, 0.717) is 18.4 Å². The van der Waals surface area contributed by atoms with E-state index in [0.717, 1.165) is 11.4 Å². The molecule has 0 radical (unpaired) electrons. The summed E-state index contributed by atoms with van der Waals surface area (Å²) in [6.45, 7) is 5.20. The van der Waals surface area contributed by atoms with Crippen molar-refractivity contribution in [1.29, 1.82) is 0 Å². The first-order valence-corrected chi connectivity index (χ1v) is 9.65. The molecule has 2 aromatic carbocycles. The second-order valence-corrected chi connectivity index (χ2v) is 8.84. The quantitative estimate of drug-likeness (QED) is 0.813. The van der Waals surface area contributed by atoms with Crippen LogP contribution in [-0.4, -0.2) is 29.1 Å². The molecule has 1 fully saturated rings. The van der Waals surface area contributed by atoms with Gasteiger partial charge in [-0.2, -0.15) is 0 Å². The molecule has 3 rings (SSSR count). The number of hydrogen-bond acceptors (Lipinski definition) is 4. The molecule has 0 aliphatic carbocycles. The zero-order valence-electron chi connectivity index (χ0n) is 13.3. The van der Waals surface area contributed by atoms with Crippen molar-refractivity contribution >= 4 is 25.1 Å². The first-order valence-electron chi connectivity index (χ1n) is 7.81. The van der Waals surface area contributed by atoms with Crippen LogP contribution in [0.2, 0.25) is 0 Å². The minimum atomic E-state index is -3.40. The Labute approximate surface area is 142 Å². The number of carboxylic acid groups (broad SMARTS) is 1. The summed E-state index contributed by atoms with van der Waals surface area (Å²) in [7, 11) is -3.40. The first-order chi connectivity index (χ1) is 11.5. The zero-order chi connectivity index (χ0) is 17.2. The number of rotatable bonds is 5. The van der Waals surface area contributed by atoms with E-state index < -0.39 is 13.8 Å². The molecular weight excluding hydrogens is 323 g/mol. The van der Waals surface area contributed by atoms with Gasteiger partial charge < -0.3 is 0 Å². The maximum absolute atomic E-state index is 11.7. The number of hydrogen-bond donors (Lipinski definition) is 2. The first kappa shape index (κ1) is 16.5. The molecule has 24 heavy (non-hydrogen) atoms. The Kier molecular flexibility index (Phi) is 4.56. The molecule has 2 N–H and O–H groups in total. The third-order valence-electron chi connectivity index (χ3n) is 4.27. The van der Waals surface area contributed by atoms with E-state index in [1.807, 2.05) is 70.0 Å². The molecule has 2 aromatic rings. The monoisotopic (exact) mass is 344 g/mol. The normalized spacial score (nSPS) is 17.5. The van der Waals surface area contributed by atoms with Gasteiger partial charge in [-0.15, -0.1) is 0 Å². The summed E-state index contributed by atoms with van der Waals surface area (Å²) in [5.41, 5.74) is 1.77. The van der Waals surface area contributed by atoms with E-state index in [2.05, 4.69) is 6.58 Å². The van der Waals surface area contributed by atoms with Gasteiger partial charge in [-0.25, -0.2) is 0 Å². The van der Waals surface area contributed by atoms with Crippen molar-refractivity contribution in [3.8, 4) is 0 Å². The molecule has 0 bridgehead atoms. The fourth-order valence-corrected chi connectivity index (χ4v) is 6.46. The fraction of sp³-hybridized carbons (Fsp3) is 0.167. The number of anilines is 2. The number of benzene rings is 2. The molecule has 6 heteroatoms. The minimum absolute atomic E-state index is 0.241. The third kappa shape index (κ3) is 2.88. The average molecular weight is 344 g/mol. The van der Waals surface area contributed by atoms with Crippen LogP contribution in [0, 0.1) is 0 Å². The Bertz CT molecular complexity index is 689. The molecule has 1 aliphatic rings. The maximum atomic E-state index is 11.7. The van der Waals surface area contributed by atoms with Crippen LogP contribution in [0.1, 0.15) is 6.42 Å². The van der Waals surface area contributed by atoms with E-state index in [1.165, 1.54) is 0 Å². The van der Waals surface area contributed by atoms with E-state index >= 15 is 0 Å². The Morgan fingerprint density at radius 1 is 0.958 bits per heavy atom. The van der Waals surface area contributed by atoms with Crippen LogP contribution in [0.5, 0.6) is 0 Å². The standard InChI is InChI=1S/C18H21N2O3P/c1-15(14-18(21)22)24(23)19(16-8-4-2-5-9-16)12-13-20(24)17-10-6-3-7-11-17/h2-11,23-24H,1,12-14H2,(H,21,22). The van der Waals surface area contributed by atoms with Gasteiger partial charge in [0.1, 0.15) is 0 Å². The second-order valence-electron chi connectivity index (χ2n) is 5.78. The number of para-hydroxylation sites is 2. The summed E-state index contributed by atoms with van der Waals surface area (Å²) in [5.74, 6) is -0.978. The van der Waals surface area contributed by atoms with Gasteiger partial charge in [-0.3, -0.25) is 0 Å². The van der Waals surface area contributed by atoms with Crippen LogP contribution in [0.3, 0.4) is 0 Å². The summed E-state index contributed by atoms with van der Waals surface area (Å²) in [4.78, 5) is 22.9. The van der Waals surface area contributed by atoms with Crippen molar-refractivity contribution in [2.24, 2.45) is 0 Å². The van der Waals surface area contributed by atoms with Crippen LogP contribution in [0.4, 0.5) is 11.4 Å². The van der Waals surface area contributed by atoms with E-state index in [1.54, 1.807) is 0 Å². The molecule has 0 atom stereocenters. The van der Waals surface area contributed by atoms with Crippen LogP contribution in [-0.2, 0) is 4.79 Å². The van der Waals surface area contributed by atoms with Gasteiger partial charge in [0, 0.05) is 0 Å². The fourth-order valence-electron chi connectivity index (χ4n) is 3.17. The number of carboxylic acids is 1. The van der Waals surface area contributed by atoms with Gasteiger partial charge in [0.2, 0.25) is 0 Å². The van der Waals surface area contributed by atoms with Crippen molar-refractivity contribution in [2.45, 2.75) is 6.42 Å². The van der Waals surface area contributed by atoms with Gasteiger partial charge in [-0.05, 0) is 0 Å². The Hall–Kier alpha value is -2.36. The van der Waals surface area contributed by atoms with Crippen molar-refractivity contribution in [3.63, 3.8) is 0 Å². The molecule has 1 aliphatic heterocycles. The molecule has 126 valence electrons. The molecule has 0 amide bonds. The molecule has 0 aromatic heterocycles. The summed E-state index contributed by atoms with van der Waals surface area (Å²) >= 11 is 0. The third-order valence-corrected chi connectivity index (χ3v) is 7.87. The topological polar surface area (TPSA) is 64.0 Å². The van der Waals surface area contributed by atoms with Gasteiger partial charge in [0.15, 0.2) is 0 Å². The Balaban J connectivity index is 2.05. The Morgan fingerprint density at radius 2 is 1.38 bits per heavy atom. The van der Waals surface area contributed by atoms with E-state index in [-0.39, 0.29) is 6.42 Å². The number of nitrogens with zero attached hydrogens (tertiary/aromatic N) is 2. The summed E-state index contributed by atoms with van der Waals surface area (Å²) in [6, 6.07) is 19.2. The van der Waals surface area contributed by atoms with Crippen LogP contribution >= 0.6 is 7.79 Å². The predicted molar refractivity (Wildman–Crippen MR) is 99.5 cm³/mol. The van der Waals surface area contributed by atoms with Crippen molar-refractivity contribution < 1.29 is 14.8 Å². The predicted octanol–water partition coefficient (Wildman–Crippen LogP) is 3.49. The van der Waals surface area contributed by atoms with Crippen molar-refractivity contribution in [3.05, 3.63) is 72.6 Å². The van der Waals surface area contributed by atoms with Crippen molar-refractivity contribution in [1.82, 2.24) is 0 Å².